The highest BCUT2D eigenvalue weighted by atomic mass is 32.1. The van der Waals surface area contributed by atoms with Crippen LogP contribution in [0.3, 0.4) is 0 Å². The number of hydrogen-bond acceptors (Lipinski definition) is 3. The predicted molar refractivity (Wildman–Crippen MR) is 88.0 cm³/mol. The van der Waals surface area contributed by atoms with E-state index >= 15 is 0 Å². The van der Waals surface area contributed by atoms with Gasteiger partial charge in [-0.3, -0.25) is 9.59 Å². The maximum atomic E-state index is 12.3. The molecular formula is C17H18N2O2S. The van der Waals surface area contributed by atoms with Crippen molar-refractivity contribution in [3.05, 3.63) is 52.9 Å². The van der Waals surface area contributed by atoms with E-state index in [1.165, 1.54) is 11.3 Å². The summed E-state index contributed by atoms with van der Waals surface area (Å²) in [6.45, 7) is 1.95. The van der Waals surface area contributed by atoms with E-state index in [9.17, 15) is 9.59 Å². The van der Waals surface area contributed by atoms with Gasteiger partial charge in [-0.25, -0.2) is 0 Å². The van der Waals surface area contributed by atoms with Gasteiger partial charge in [0.05, 0.1) is 15.9 Å². The Morgan fingerprint density at radius 3 is 2.55 bits per heavy atom. The van der Waals surface area contributed by atoms with Crippen LogP contribution in [0.2, 0.25) is 0 Å². The number of carbonyl (C=O) groups is 2. The van der Waals surface area contributed by atoms with Crippen LogP contribution in [0.4, 0.5) is 5.00 Å². The zero-order valence-corrected chi connectivity index (χ0v) is 13.2. The Morgan fingerprint density at radius 1 is 1.14 bits per heavy atom. The molecular weight excluding hydrogens is 296 g/mol. The van der Waals surface area contributed by atoms with Crippen molar-refractivity contribution in [3.8, 4) is 0 Å². The summed E-state index contributed by atoms with van der Waals surface area (Å²) in [5.74, 6) is 0.109. The van der Waals surface area contributed by atoms with Gasteiger partial charge in [-0.2, -0.15) is 0 Å². The van der Waals surface area contributed by atoms with Crippen molar-refractivity contribution >= 4 is 28.2 Å². The van der Waals surface area contributed by atoms with Crippen LogP contribution in [0, 0.1) is 5.92 Å². The van der Waals surface area contributed by atoms with Gasteiger partial charge < -0.3 is 10.6 Å². The maximum Gasteiger partial charge on any atom is 0.261 e. The van der Waals surface area contributed by atoms with Gasteiger partial charge in [-0.15, -0.1) is 11.3 Å². The van der Waals surface area contributed by atoms with Gasteiger partial charge >= 0.3 is 0 Å². The molecule has 0 unspecified atom stereocenters. The van der Waals surface area contributed by atoms with E-state index in [0.29, 0.717) is 4.88 Å². The van der Waals surface area contributed by atoms with Gasteiger partial charge in [0.1, 0.15) is 0 Å². The van der Waals surface area contributed by atoms with E-state index in [1.807, 2.05) is 37.3 Å². The summed E-state index contributed by atoms with van der Waals surface area (Å²) < 4.78 is 0. The van der Waals surface area contributed by atoms with E-state index in [4.69, 9.17) is 0 Å². The first kappa shape index (κ1) is 14.8. The first-order chi connectivity index (χ1) is 10.6. The molecule has 22 heavy (non-hydrogen) atoms. The molecule has 1 atom stereocenters. The van der Waals surface area contributed by atoms with Crippen LogP contribution < -0.4 is 10.6 Å². The molecule has 5 heteroatoms. The van der Waals surface area contributed by atoms with Crippen LogP contribution in [0.5, 0.6) is 0 Å². The lowest BCUT2D eigenvalue weighted by atomic mass is 10.1. The fraction of sp³-hybridized carbons (Fsp3) is 0.294. The largest absolute Gasteiger partial charge is 0.345 e. The van der Waals surface area contributed by atoms with Crippen molar-refractivity contribution in [2.45, 2.75) is 25.8 Å². The quantitative estimate of drug-likeness (QED) is 0.886. The Kier molecular flexibility index (Phi) is 4.24. The summed E-state index contributed by atoms with van der Waals surface area (Å²) in [4.78, 5) is 24.6. The van der Waals surface area contributed by atoms with E-state index in [0.717, 1.165) is 23.4 Å². The fourth-order valence-electron chi connectivity index (χ4n) is 2.19. The van der Waals surface area contributed by atoms with Crippen molar-refractivity contribution in [1.29, 1.82) is 0 Å². The molecule has 1 aliphatic carbocycles. The molecule has 4 nitrogen and oxygen atoms in total. The highest BCUT2D eigenvalue weighted by molar-refractivity contribution is 7.18. The highest BCUT2D eigenvalue weighted by Crippen LogP contribution is 2.31. The third-order valence-electron chi connectivity index (χ3n) is 3.67. The molecule has 114 valence electrons. The van der Waals surface area contributed by atoms with Crippen LogP contribution in [0.15, 0.2) is 42.5 Å². The zero-order chi connectivity index (χ0) is 15.5. The molecule has 0 saturated heterocycles. The van der Waals surface area contributed by atoms with Gasteiger partial charge in [-0.05, 0) is 37.5 Å². The average molecular weight is 314 g/mol. The second-order valence-electron chi connectivity index (χ2n) is 5.53. The summed E-state index contributed by atoms with van der Waals surface area (Å²) in [5.41, 5.74) is 1.06. The molecule has 1 aliphatic rings. The molecule has 1 fully saturated rings. The summed E-state index contributed by atoms with van der Waals surface area (Å²) in [5, 5.41) is 6.57. The summed E-state index contributed by atoms with van der Waals surface area (Å²) in [6.07, 6.45) is 1.94. The van der Waals surface area contributed by atoms with Crippen molar-refractivity contribution in [2.24, 2.45) is 5.92 Å². The van der Waals surface area contributed by atoms with Crippen molar-refractivity contribution in [2.75, 3.05) is 5.32 Å². The normalized spacial score (nSPS) is 15.1. The average Bonchev–Trinajstić information content (AvgIpc) is 3.28. The van der Waals surface area contributed by atoms with Crippen LogP contribution in [0.1, 0.15) is 41.0 Å². The van der Waals surface area contributed by atoms with Crippen LogP contribution in [0.25, 0.3) is 0 Å². The third-order valence-corrected chi connectivity index (χ3v) is 4.67. The SMILES string of the molecule is C[C@H](NC(=O)c1ccc(NC(=O)C2CC2)s1)c1ccccc1. The molecule has 1 aromatic carbocycles. The number of benzene rings is 1. The molecule has 0 spiro atoms. The summed E-state index contributed by atoms with van der Waals surface area (Å²) in [7, 11) is 0. The number of rotatable bonds is 5. The van der Waals surface area contributed by atoms with E-state index in [1.54, 1.807) is 12.1 Å². The van der Waals surface area contributed by atoms with Crippen molar-refractivity contribution in [1.82, 2.24) is 5.32 Å². The molecule has 3 rings (SSSR count). The Balaban J connectivity index is 1.60. The highest BCUT2D eigenvalue weighted by Gasteiger charge is 2.29. The number of hydrogen-bond donors (Lipinski definition) is 2. The lowest BCUT2D eigenvalue weighted by Gasteiger charge is -2.13. The number of thiophene rings is 1. The van der Waals surface area contributed by atoms with Crippen LogP contribution in [-0.2, 0) is 4.79 Å². The van der Waals surface area contributed by atoms with Gasteiger partial charge in [0.25, 0.3) is 5.91 Å². The summed E-state index contributed by atoms with van der Waals surface area (Å²) in [6, 6.07) is 13.3. The van der Waals surface area contributed by atoms with Crippen molar-refractivity contribution in [3.63, 3.8) is 0 Å². The monoisotopic (exact) mass is 314 g/mol. The first-order valence-corrected chi connectivity index (χ1v) is 8.21. The summed E-state index contributed by atoms with van der Waals surface area (Å²) >= 11 is 1.31. The minimum absolute atomic E-state index is 0.0553. The molecule has 0 radical (unpaired) electrons. The minimum atomic E-state index is -0.117. The number of carbonyl (C=O) groups excluding carboxylic acids is 2. The molecule has 0 aliphatic heterocycles. The lowest BCUT2D eigenvalue weighted by Crippen LogP contribution is -2.25. The second-order valence-corrected chi connectivity index (χ2v) is 6.62. The van der Waals surface area contributed by atoms with E-state index in [2.05, 4.69) is 10.6 Å². The Morgan fingerprint density at radius 2 is 1.86 bits per heavy atom. The molecule has 2 aromatic rings. The Bertz CT molecular complexity index is 677. The molecule has 1 heterocycles. The number of nitrogens with one attached hydrogen (secondary N) is 2. The standard InChI is InChI=1S/C17H18N2O2S/c1-11(12-5-3-2-4-6-12)18-17(21)14-9-10-15(22-14)19-16(20)13-7-8-13/h2-6,9-11,13H,7-8H2,1H3,(H,18,21)(H,19,20)/t11-/m0/s1. The molecule has 2 amide bonds. The minimum Gasteiger partial charge on any atom is -0.345 e. The lowest BCUT2D eigenvalue weighted by molar-refractivity contribution is -0.117. The van der Waals surface area contributed by atoms with Crippen LogP contribution >= 0.6 is 11.3 Å². The van der Waals surface area contributed by atoms with E-state index in [-0.39, 0.29) is 23.8 Å². The second kappa shape index (κ2) is 6.32. The fourth-order valence-corrected chi connectivity index (χ4v) is 3.00. The predicted octanol–water partition coefficient (Wildman–Crippen LogP) is 3.59. The third kappa shape index (κ3) is 3.54. The number of amides is 2. The zero-order valence-electron chi connectivity index (χ0n) is 12.3. The topological polar surface area (TPSA) is 58.2 Å². The van der Waals surface area contributed by atoms with Crippen molar-refractivity contribution < 1.29 is 9.59 Å². The first-order valence-electron chi connectivity index (χ1n) is 7.40. The Labute approximate surface area is 133 Å². The van der Waals surface area contributed by atoms with E-state index < -0.39 is 0 Å². The smallest absolute Gasteiger partial charge is 0.261 e. The molecule has 2 N–H and O–H groups in total. The maximum absolute atomic E-state index is 12.3. The number of anilines is 1. The molecule has 1 saturated carbocycles. The molecule has 0 bridgehead atoms. The van der Waals surface area contributed by atoms with Crippen LogP contribution in [-0.4, -0.2) is 11.8 Å². The van der Waals surface area contributed by atoms with Gasteiger partial charge in [0, 0.05) is 5.92 Å². The molecule has 1 aromatic heterocycles. The van der Waals surface area contributed by atoms with Gasteiger partial charge in [0.15, 0.2) is 0 Å². The van der Waals surface area contributed by atoms with Gasteiger partial charge in [-0.1, -0.05) is 30.3 Å². The Hall–Kier alpha value is -2.14. The van der Waals surface area contributed by atoms with Gasteiger partial charge in [0.2, 0.25) is 5.91 Å².